The summed E-state index contributed by atoms with van der Waals surface area (Å²) in [5, 5.41) is 2.44. The summed E-state index contributed by atoms with van der Waals surface area (Å²) in [5.74, 6) is 0.665. The normalized spacial score (nSPS) is 11.1. The van der Waals surface area contributed by atoms with E-state index >= 15 is 0 Å². The molecule has 0 atom stereocenters. The van der Waals surface area contributed by atoms with Crippen LogP contribution in [0.15, 0.2) is 34.6 Å². The second-order valence-corrected chi connectivity index (χ2v) is 4.43. The van der Waals surface area contributed by atoms with Gasteiger partial charge in [-0.3, -0.25) is 9.20 Å². The van der Waals surface area contributed by atoms with Crippen LogP contribution in [0.4, 0.5) is 0 Å². The number of thiazole rings is 1. The molecule has 0 aliphatic heterocycles. The van der Waals surface area contributed by atoms with Crippen LogP contribution in [0.5, 0.6) is 5.75 Å². The summed E-state index contributed by atoms with van der Waals surface area (Å²) in [6.07, 6.45) is 1.74. The van der Waals surface area contributed by atoms with E-state index in [4.69, 9.17) is 4.74 Å². The number of hydrogen-bond donors (Lipinski definition) is 0. The van der Waals surface area contributed by atoms with Crippen molar-refractivity contribution < 1.29 is 4.74 Å². The lowest BCUT2D eigenvalue weighted by atomic mass is 10.2. The third-order valence-corrected chi connectivity index (χ3v) is 3.30. The van der Waals surface area contributed by atoms with Crippen LogP contribution in [0.2, 0.25) is 0 Å². The van der Waals surface area contributed by atoms with Gasteiger partial charge in [0.1, 0.15) is 11.3 Å². The molecule has 17 heavy (non-hydrogen) atoms. The highest BCUT2D eigenvalue weighted by atomic mass is 32.1. The summed E-state index contributed by atoms with van der Waals surface area (Å²) in [4.78, 5) is 17.3. The maximum Gasteiger partial charge on any atom is 0.266 e. The number of benzene rings is 1. The Bertz CT molecular complexity index is 745. The fourth-order valence-corrected chi connectivity index (χ4v) is 2.52. The van der Waals surface area contributed by atoms with E-state index in [2.05, 4.69) is 4.98 Å². The lowest BCUT2D eigenvalue weighted by Gasteiger charge is -2.06. The molecule has 0 spiro atoms. The van der Waals surface area contributed by atoms with Crippen LogP contribution in [0.1, 0.15) is 6.92 Å². The maximum absolute atomic E-state index is 12.2. The predicted molar refractivity (Wildman–Crippen MR) is 68.0 cm³/mol. The third-order valence-electron chi connectivity index (χ3n) is 2.54. The van der Waals surface area contributed by atoms with Crippen molar-refractivity contribution in [3.63, 3.8) is 0 Å². The van der Waals surface area contributed by atoms with Gasteiger partial charge in [-0.2, -0.15) is 0 Å². The summed E-state index contributed by atoms with van der Waals surface area (Å²) in [6.45, 7) is 2.47. The SMILES string of the molecule is CCOc1cccc2c(=O)n3ccsc3nc12. The first-order chi connectivity index (χ1) is 8.31. The van der Waals surface area contributed by atoms with Crippen molar-refractivity contribution in [1.29, 1.82) is 0 Å². The van der Waals surface area contributed by atoms with Crippen LogP contribution in [-0.4, -0.2) is 16.0 Å². The Balaban J connectivity index is 2.47. The Morgan fingerprint density at radius 2 is 2.35 bits per heavy atom. The van der Waals surface area contributed by atoms with E-state index in [0.717, 1.165) is 0 Å². The molecular weight excluding hydrogens is 236 g/mol. The molecule has 0 bridgehead atoms. The molecule has 4 nitrogen and oxygen atoms in total. The molecule has 0 saturated carbocycles. The van der Waals surface area contributed by atoms with E-state index in [1.165, 1.54) is 11.3 Å². The molecule has 5 heteroatoms. The summed E-state index contributed by atoms with van der Waals surface area (Å²) < 4.78 is 7.05. The lowest BCUT2D eigenvalue weighted by molar-refractivity contribution is 0.343. The van der Waals surface area contributed by atoms with Crippen LogP contribution < -0.4 is 10.3 Å². The number of hydrogen-bond acceptors (Lipinski definition) is 4. The quantitative estimate of drug-likeness (QED) is 0.697. The number of aromatic nitrogens is 2. The summed E-state index contributed by atoms with van der Waals surface area (Å²) in [5.41, 5.74) is 0.592. The van der Waals surface area contributed by atoms with Crippen LogP contribution in [0.3, 0.4) is 0 Å². The standard InChI is InChI=1S/C12H10N2O2S/c1-2-16-9-5-3-4-8-10(9)13-12-14(11(8)15)6-7-17-12/h3-7H,2H2,1H3. The molecule has 2 aromatic heterocycles. The minimum absolute atomic E-state index is 0.0483. The average Bonchev–Trinajstić information content (AvgIpc) is 2.79. The zero-order chi connectivity index (χ0) is 11.8. The van der Waals surface area contributed by atoms with E-state index in [-0.39, 0.29) is 5.56 Å². The number of rotatable bonds is 2. The fourth-order valence-electron chi connectivity index (χ4n) is 1.82. The van der Waals surface area contributed by atoms with Crippen LogP contribution >= 0.6 is 11.3 Å². The number of nitrogens with zero attached hydrogens (tertiary/aromatic N) is 2. The van der Waals surface area contributed by atoms with Gasteiger partial charge >= 0.3 is 0 Å². The number of para-hydroxylation sites is 1. The zero-order valence-electron chi connectivity index (χ0n) is 9.21. The van der Waals surface area contributed by atoms with Gasteiger partial charge in [-0.25, -0.2) is 4.98 Å². The molecule has 0 aliphatic rings. The molecule has 1 aromatic carbocycles. The van der Waals surface area contributed by atoms with E-state index in [0.29, 0.717) is 28.2 Å². The highest BCUT2D eigenvalue weighted by molar-refractivity contribution is 7.15. The average molecular weight is 246 g/mol. The first-order valence-corrected chi connectivity index (χ1v) is 6.20. The smallest absolute Gasteiger partial charge is 0.266 e. The molecule has 0 radical (unpaired) electrons. The maximum atomic E-state index is 12.2. The van der Waals surface area contributed by atoms with Crippen molar-refractivity contribution in [2.45, 2.75) is 6.92 Å². The third kappa shape index (κ3) is 1.51. The first kappa shape index (κ1) is 10.3. The van der Waals surface area contributed by atoms with Crippen molar-refractivity contribution in [1.82, 2.24) is 9.38 Å². The van der Waals surface area contributed by atoms with Gasteiger partial charge in [-0.1, -0.05) is 6.07 Å². The molecular formula is C12H10N2O2S. The number of ether oxygens (including phenoxy) is 1. The van der Waals surface area contributed by atoms with Gasteiger partial charge in [0.05, 0.1) is 12.0 Å². The van der Waals surface area contributed by atoms with Gasteiger partial charge in [-0.05, 0) is 19.1 Å². The molecule has 3 aromatic rings. The Kier molecular flexibility index (Phi) is 2.33. The molecule has 0 N–H and O–H groups in total. The largest absolute Gasteiger partial charge is 0.492 e. The van der Waals surface area contributed by atoms with Crippen molar-refractivity contribution in [3.8, 4) is 5.75 Å². The van der Waals surface area contributed by atoms with Crippen molar-refractivity contribution >= 4 is 27.2 Å². The summed E-state index contributed by atoms with van der Waals surface area (Å²) in [6, 6.07) is 5.43. The Morgan fingerprint density at radius 3 is 3.18 bits per heavy atom. The highest BCUT2D eigenvalue weighted by Crippen LogP contribution is 2.22. The monoisotopic (exact) mass is 246 g/mol. The van der Waals surface area contributed by atoms with Gasteiger partial charge in [0, 0.05) is 11.6 Å². The van der Waals surface area contributed by atoms with Gasteiger partial charge in [-0.15, -0.1) is 11.3 Å². The lowest BCUT2D eigenvalue weighted by Crippen LogP contribution is -2.13. The molecule has 2 heterocycles. The molecule has 0 amide bonds. The van der Waals surface area contributed by atoms with E-state index < -0.39 is 0 Å². The van der Waals surface area contributed by atoms with Crippen LogP contribution in [0, 0.1) is 0 Å². The van der Waals surface area contributed by atoms with Crippen molar-refractivity contribution in [2.24, 2.45) is 0 Å². The van der Waals surface area contributed by atoms with Crippen LogP contribution in [-0.2, 0) is 0 Å². The van der Waals surface area contributed by atoms with Gasteiger partial charge in [0.2, 0.25) is 0 Å². The molecule has 0 unspecified atom stereocenters. The van der Waals surface area contributed by atoms with Crippen LogP contribution in [0.25, 0.3) is 15.9 Å². The minimum Gasteiger partial charge on any atom is -0.492 e. The molecule has 0 fully saturated rings. The van der Waals surface area contributed by atoms with E-state index in [9.17, 15) is 4.79 Å². The zero-order valence-corrected chi connectivity index (χ0v) is 10.0. The van der Waals surface area contributed by atoms with Crippen molar-refractivity contribution in [3.05, 3.63) is 40.1 Å². The highest BCUT2D eigenvalue weighted by Gasteiger charge is 2.09. The van der Waals surface area contributed by atoms with Crippen molar-refractivity contribution in [2.75, 3.05) is 6.61 Å². The van der Waals surface area contributed by atoms with Gasteiger partial charge in [0.25, 0.3) is 5.56 Å². The van der Waals surface area contributed by atoms with Gasteiger partial charge in [0.15, 0.2) is 4.96 Å². The first-order valence-electron chi connectivity index (χ1n) is 5.32. The van der Waals surface area contributed by atoms with Gasteiger partial charge < -0.3 is 4.74 Å². The number of fused-ring (bicyclic) bond motifs is 2. The Hall–Kier alpha value is -1.88. The summed E-state index contributed by atoms with van der Waals surface area (Å²) in [7, 11) is 0. The molecule has 0 aliphatic carbocycles. The molecule has 86 valence electrons. The van der Waals surface area contributed by atoms with E-state index in [1.807, 2.05) is 24.4 Å². The molecule has 3 rings (SSSR count). The predicted octanol–water partition coefficient (Wildman–Crippen LogP) is 2.31. The Labute approximate surface area is 101 Å². The Morgan fingerprint density at radius 1 is 1.47 bits per heavy atom. The summed E-state index contributed by atoms with van der Waals surface area (Å²) >= 11 is 1.44. The fraction of sp³-hybridized carbons (Fsp3) is 0.167. The topological polar surface area (TPSA) is 43.6 Å². The van der Waals surface area contributed by atoms with E-state index in [1.54, 1.807) is 16.7 Å². The second kappa shape index (κ2) is 3.85. The molecule has 0 saturated heterocycles. The second-order valence-electron chi connectivity index (χ2n) is 3.56. The minimum atomic E-state index is -0.0483.